The van der Waals surface area contributed by atoms with Crippen LogP contribution in [0.5, 0.6) is 0 Å². The van der Waals surface area contributed by atoms with Crippen LogP contribution in [0, 0.1) is 20.8 Å². The highest BCUT2D eigenvalue weighted by Crippen LogP contribution is 2.33. The third-order valence-corrected chi connectivity index (χ3v) is 5.26. The van der Waals surface area contributed by atoms with Crippen molar-refractivity contribution in [2.24, 2.45) is 0 Å². The zero-order valence-electron chi connectivity index (χ0n) is 14.7. The number of aryl methyl sites for hydroxylation is 3. The van der Waals surface area contributed by atoms with Gasteiger partial charge in [0.15, 0.2) is 0 Å². The van der Waals surface area contributed by atoms with Gasteiger partial charge in [-0.05, 0) is 81.9 Å². The van der Waals surface area contributed by atoms with E-state index < -0.39 is 0 Å². The molecule has 0 saturated carbocycles. The highest BCUT2D eigenvalue weighted by atomic mass is 14.9. The summed E-state index contributed by atoms with van der Waals surface area (Å²) < 4.78 is 0. The monoisotopic (exact) mass is 319 g/mol. The maximum atomic E-state index is 4.50. The van der Waals surface area contributed by atoms with Gasteiger partial charge >= 0.3 is 0 Å². The van der Waals surface area contributed by atoms with Crippen LogP contribution in [-0.4, -0.2) is 23.1 Å². The summed E-state index contributed by atoms with van der Waals surface area (Å²) in [5.74, 6) is 0.688. The van der Waals surface area contributed by atoms with E-state index in [9.17, 15) is 0 Å². The van der Waals surface area contributed by atoms with E-state index in [-0.39, 0.29) is 0 Å². The molecule has 24 heavy (non-hydrogen) atoms. The van der Waals surface area contributed by atoms with Crippen LogP contribution < -0.4 is 5.32 Å². The Kier molecular flexibility index (Phi) is 3.89. The first-order valence-corrected chi connectivity index (χ1v) is 8.90. The van der Waals surface area contributed by atoms with Crippen LogP contribution in [-0.2, 0) is 0 Å². The number of hydrogen-bond acceptors (Lipinski definition) is 2. The van der Waals surface area contributed by atoms with Crippen molar-refractivity contribution in [3.63, 3.8) is 0 Å². The zero-order chi connectivity index (χ0) is 16.7. The van der Waals surface area contributed by atoms with Crippen LogP contribution in [0.2, 0.25) is 0 Å². The molecule has 2 aromatic heterocycles. The topological polar surface area (TPSA) is 40.7 Å². The van der Waals surface area contributed by atoms with Crippen molar-refractivity contribution in [2.75, 3.05) is 13.1 Å². The van der Waals surface area contributed by atoms with Gasteiger partial charge in [0.1, 0.15) is 0 Å². The molecule has 3 aromatic rings. The molecule has 1 aliphatic heterocycles. The van der Waals surface area contributed by atoms with E-state index >= 15 is 0 Å². The molecule has 3 heterocycles. The summed E-state index contributed by atoms with van der Waals surface area (Å²) >= 11 is 0. The third-order valence-electron chi connectivity index (χ3n) is 5.26. The average Bonchev–Trinajstić information content (AvgIpc) is 2.91. The van der Waals surface area contributed by atoms with Crippen molar-refractivity contribution in [2.45, 2.75) is 39.5 Å². The second-order valence-corrected chi connectivity index (χ2v) is 7.09. The number of piperidine rings is 1. The van der Waals surface area contributed by atoms with E-state index in [1.807, 2.05) is 0 Å². The van der Waals surface area contributed by atoms with Crippen LogP contribution in [0.1, 0.15) is 41.3 Å². The molecule has 3 nitrogen and oxygen atoms in total. The molecular formula is C21H25N3. The van der Waals surface area contributed by atoms with Crippen LogP contribution in [0.15, 0.2) is 30.3 Å². The average molecular weight is 319 g/mol. The normalized spacial score (nSPS) is 16.0. The lowest BCUT2D eigenvalue weighted by atomic mass is 9.89. The number of benzene rings is 1. The first-order valence-electron chi connectivity index (χ1n) is 8.90. The van der Waals surface area contributed by atoms with Gasteiger partial charge in [-0.25, -0.2) is 0 Å². The smallest absolute Gasteiger partial charge is 0.0495 e. The first-order chi connectivity index (χ1) is 11.6. The molecule has 0 amide bonds. The van der Waals surface area contributed by atoms with Crippen molar-refractivity contribution in [3.8, 4) is 11.3 Å². The lowest BCUT2D eigenvalue weighted by Gasteiger charge is -2.23. The molecular weight excluding hydrogens is 294 g/mol. The van der Waals surface area contributed by atoms with Gasteiger partial charge < -0.3 is 10.3 Å². The molecule has 0 aliphatic carbocycles. The van der Waals surface area contributed by atoms with Gasteiger partial charge in [-0.3, -0.25) is 4.98 Å². The molecule has 3 heteroatoms. The molecule has 1 saturated heterocycles. The van der Waals surface area contributed by atoms with Gasteiger partial charge in [-0.15, -0.1) is 0 Å². The van der Waals surface area contributed by atoms with Crippen molar-refractivity contribution in [1.82, 2.24) is 15.3 Å². The fourth-order valence-corrected chi connectivity index (χ4v) is 4.03. The number of aromatic amines is 1. The molecule has 0 radical (unpaired) electrons. The molecule has 2 N–H and O–H groups in total. The van der Waals surface area contributed by atoms with Crippen LogP contribution in [0.4, 0.5) is 0 Å². The number of nitrogens with one attached hydrogen (secondary N) is 2. The molecule has 0 bridgehead atoms. The number of aromatic nitrogens is 2. The van der Waals surface area contributed by atoms with E-state index in [0.717, 1.165) is 24.5 Å². The van der Waals surface area contributed by atoms with Gasteiger partial charge in [0.25, 0.3) is 0 Å². The minimum Gasteiger partial charge on any atom is -0.354 e. The van der Waals surface area contributed by atoms with Crippen molar-refractivity contribution in [3.05, 3.63) is 52.8 Å². The number of H-pyrrole nitrogens is 1. The van der Waals surface area contributed by atoms with E-state index in [1.54, 1.807) is 0 Å². The Labute approximate surface area is 143 Å². The maximum Gasteiger partial charge on any atom is 0.0495 e. The van der Waals surface area contributed by atoms with Crippen LogP contribution in [0.3, 0.4) is 0 Å². The summed E-state index contributed by atoms with van der Waals surface area (Å²) in [7, 11) is 0. The SMILES string of the molecule is Cc1cc(-c2[nH]c3cc(C4CCNCC4)ccc3c2C)cc(C)n1. The first kappa shape index (κ1) is 15.4. The largest absolute Gasteiger partial charge is 0.354 e. The molecule has 4 rings (SSSR count). The quantitative estimate of drug-likeness (QED) is 0.723. The minimum atomic E-state index is 0.688. The zero-order valence-corrected chi connectivity index (χ0v) is 14.7. The summed E-state index contributed by atoms with van der Waals surface area (Å²) in [6, 6.07) is 11.3. The Hall–Kier alpha value is -2.13. The lowest BCUT2D eigenvalue weighted by molar-refractivity contribution is 0.460. The van der Waals surface area contributed by atoms with Crippen LogP contribution >= 0.6 is 0 Å². The van der Waals surface area contributed by atoms with Crippen molar-refractivity contribution < 1.29 is 0 Å². The number of nitrogens with zero attached hydrogens (tertiary/aromatic N) is 1. The summed E-state index contributed by atoms with van der Waals surface area (Å²) in [6.07, 6.45) is 2.47. The summed E-state index contributed by atoms with van der Waals surface area (Å²) in [5, 5.41) is 4.78. The van der Waals surface area contributed by atoms with Gasteiger partial charge in [0.2, 0.25) is 0 Å². The lowest BCUT2D eigenvalue weighted by Crippen LogP contribution is -2.26. The molecule has 1 aliphatic rings. The highest BCUT2D eigenvalue weighted by Gasteiger charge is 2.17. The second-order valence-electron chi connectivity index (χ2n) is 7.09. The van der Waals surface area contributed by atoms with E-state index in [0.29, 0.717) is 5.92 Å². The number of rotatable bonds is 2. The fourth-order valence-electron chi connectivity index (χ4n) is 4.03. The van der Waals surface area contributed by atoms with Gasteiger partial charge in [-0.1, -0.05) is 12.1 Å². The van der Waals surface area contributed by atoms with Crippen molar-refractivity contribution >= 4 is 10.9 Å². The van der Waals surface area contributed by atoms with E-state index in [2.05, 4.69) is 66.4 Å². The highest BCUT2D eigenvalue weighted by molar-refractivity contribution is 5.91. The summed E-state index contributed by atoms with van der Waals surface area (Å²) in [6.45, 7) is 8.59. The number of fused-ring (bicyclic) bond motifs is 1. The summed E-state index contributed by atoms with van der Waals surface area (Å²) in [5.41, 5.74) is 8.64. The molecule has 0 spiro atoms. The predicted molar refractivity (Wildman–Crippen MR) is 101 cm³/mol. The maximum absolute atomic E-state index is 4.50. The standard InChI is InChI=1S/C21H25N3/c1-13-10-18(11-14(2)23-13)21-15(3)19-5-4-17(12-20(19)24-21)16-6-8-22-9-7-16/h4-5,10-12,16,22,24H,6-9H2,1-3H3. The van der Waals surface area contributed by atoms with Gasteiger partial charge in [0.05, 0.1) is 0 Å². The predicted octanol–water partition coefficient (Wildman–Crippen LogP) is 4.62. The van der Waals surface area contributed by atoms with Gasteiger partial charge in [-0.2, -0.15) is 0 Å². The Morgan fingerprint density at radius 1 is 0.958 bits per heavy atom. The number of pyridine rings is 1. The van der Waals surface area contributed by atoms with E-state index in [4.69, 9.17) is 0 Å². The molecule has 1 aromatic carbocycles. The minimum absolute atomic E-state index is 0.688. The Bertz CT molecular complexity index is 865. The molecule has 0 atom stereocenters. The molecule has 1 fully saturated rings. The fraction of sp³-hybridized carbons (Fsp3) is 0.381. The van der Waals surface area contributed by atoms with Gasteiger partial charge in [0, 0.05) is 33.5 Å². The summed E-state index contributed by atoms with van der Waals surface area (Å²) in [4.78, 5) is 8.17. The number of hydrogen-bond donors (Lipinski definition) is 2. The van der Waals surface area contributed by atoms with E-state index in [1.165, 1.54) is 46.1 Å². The third kappa shape index (κ3) is 2.73. The Morgan fingerprint density at radius 3 is 2.38 bits per heavy atom. The Balaban J connectivity index is 1.79. The second kappa shape index (κ2) is 6.06. The van der Waals surface area contributed by atoms with Crippen LogP contribution in [0.25, 0.3) is 22.2 Å². The molecule has 124 valence electrons. The van der Waals surface area contributed by atoms with Crippen molar-refractivity contribution in [1.29, 1.82) is 0 Å². The Morgan fingerprint density at radius 2 is 1.67 bits per heavy atom. The molecule has 0 unspecified atom stereocenters.